The van der Waals surface area contributed by atoms with Gasteiger partial charge >= 0.3 is 6.03 Å². The van der Waals surface area contributed by atoms with Crippen molar-refractivity contribution in [3.8, 4) is 0 Å². The number of aryl methyl sites for hydroxylation is 1. The fraction of sp³-hybridized carbons (Fsp3) is 0.381. The van der Waals surface area contributed by atoms with Crippen LogP contribution < -0.4 is 5.32 Å². The highest BCUT2D eigenvalue weighted by molar-refractivity contribution is 7.89. The number of carbonyl (C=O) groups excluding carboxylic acids is 1. The van der Waals surface area contributed by atoms with E-state index < -0.39 is 10.0 Å². The maximum atomic E-state index is 12.7. The van der Waals surface area contributed by atoms with Crippen molar-refractivity contribution in [3.05, 3.63) is 65.2 Å². The first kappa shape index (κ1) is 21.6. The zero-order valence-corrected chi connectivity index (χ0v) is 18.0. The molecule has 8 heteroatoms. The SMILES string of the molecule is C[C@@H](CCc1ccccc1)NC(=O)N1CCN(S(=O)(=O)c2ccc(Cl)cc2)CC1. The second kappa shape index (κ2) is 9.61. The standard InChI is InChI=1S/C21H26ClN3O3S/c1-17(7-8-18-5-3-2-4-6-18)23-21(26)24-13-15-25(16-14-24)29(27,28)20-11-9-19(22)10-12-20/h2-6,9-12,17H,7-8,13-16H2,1H3,(H,23,26)/t17-/m0/s1. The minimum atomic E-state index is -3.57. The Labute approximate surface area is 177 Å². The molecule has 1 heterocycles. The zero-order chi connectivity index (χ0) is 20.9. The number of carbonyl (C=O) groups is 1. The minimum absolute atomic E-state index is 0.0403. The summed E-state index contributed by atoms with van der Waals surface area (Å²) < 4.78 is 26.9. The average molecular weight is 436 g/mol. The summed E-state index contributed by atoms with van der Waals surface area (Å²) in [5, 5.41) is 3.51. The molecule has 0 radical (unpaired) electrons. The summed E-state index contributed by atoms with van der Waals surface area (Å²) in [5.74, 6) is 0. The number of nitrogens with one attached hydrogen (secondary N) is 1. The van der Waals surface area contributed by atoms with Crippen molar-refractivity contribution in [2.45, 2.75) is 30.7 Å². The lowest BCUT2D eigenvalue weighted by Crippen LogP contribution is -2.54. The number of urea groups is 1. The van der Waals surface area contributed by atoms with Crippen LogP contribution in [-0.2, 0) is 16.4 Å². The second-order valence-corrected chi connectivity index (χ2v) is 9.59. The molecule has 0 aliphatic carbocycles. The van der Waals surface area contributed by atoms with E-state index in [1.165, 1.54) is 22.0 Å². The van der Waals surface area contributed by atoms with Gasteiger partial charge < -0.3 is 10.2 Å². The quantitative estimate of drug-likeness (QED) is 0.756. The Morgan fingerprint density at radius 1 is 1.03 bits per heavy atom. The molecular formula is C21H26ClN3O3S. The van der Waals surface area contributed by atoms with E-state index in [2.05, 4.69) is 17.4 Å². The Morgan fingerprint density at radius 3 is 2.28 bits per heavy atom. The van der Waals surface area contributed by atoms with Gasteiger partial charge in [0.2, 0.25) is 10.0 Å². The maximum absolute atomic E-state index is 12.7. The summed E-state index contributed by atoms with van der Waals surface area (Å²) in [6, 6.07) is 16.2. The van der Waals surface area contributed by atoms with Crippen LogP contribution in [0.3, 0.4) is 0 Å². The van der Waals surface area contributed by atoms with E-state index >= 15 is 0 Å². The van der Waals surface area contributed by atoms with Crippen molar-refractivity contribution < 1.29 is 13.2 Å². The predicted molar refractivity (Wildman–Crippen MR) is 115 cm³/mol. The van der Waals surface area contributed by atoms with Gasteiger partial charge in [0.05, 0.1) is 4.90 Å². The summed E-state index contributed by atoms with van der Waals surface area (Å²) in [6.45, 7) is 3.27. The van der Waals surface area contributed by atoms with Crippen LogP contribution in [0.5, 0.6) is 0 Å². The number of sulfonamides is 1. The highest BCUT2D eigenvalue weighted by atomic mass is 35.5. The average Bonchev–Trinajstić information content (AvgIpc) is 2.73. The van der Waals surface area contributed by atoms with Crippen molar-refractivity contribution in [3.63, 3.8) is 0 Å². The molecule has 0 bridgehead atoms. The number of amides is 2. The monoisotopic (exact) mass is 435 g/mol. The van der Waals surface area contributed by atoms with Crippen molar-refractivity contribution in [2.75, 3.05) is 26.2 Å². The number of rotatable bonds is 6. The lowest BCUT2D eigenvalue weighted by molar-refractivity contribution is 0.169. The Morgan fingerprint density at radius 2 is 1.66 bits per heavy atom. The number of piperazine rings is 1. The molecule has 2 aromatic rings. The zero-order valence-electron chi connectivity index (χ0n) is 16.4. The van der Waals surface area contributed by atoms with Crippen LogP contribution >= 0.6 is 11.6 Å². The first-order valence-electron chi connectivity index (χ1n) is 9.71. The van der Waals surface area contributed by atoms with E-state index in [1.54, 1.807) is 17.0 Å². The molecule has 2 aromatic carbocycles. The van der Waals surface area contributed by atoms with Crippen LogP contribution in [0.15, 0.2) is 59.5 Å². The van der Waals surface area contributed by atoms with Crippen LogP contribution in [0.2, 0.25) is 5.02 Å². The highest BCUT2D eigenvalue weighted by Gasteiger charge is 2.30. The number of nitrogens with zero attached hydrogens (tertiary/aromatic N) is 2. The molecule has 2 amide bonds. The minimum Gasteiger partial charge on any atom is -0.336 e. The molecule has 3 rings (SSSR count). The Kier molecular flexibility index (Phi) is 7.16. The molecule has 29 heavy (non-hydrogen) atoms. The van der Waals surface area contributed by atoms with Gasteiger partial charge in [-0.15, -0.1) is 0 Å². The van der Waals surface area contributed by atoms with Gasteiger partial charge in [-0.3, -0.25) is 0 Å². The molecule has 0 unspecified atom stereocenters. The fourth-order valence-corrected chi connectivity index (χ4v) is 4.84. The molecule has 1 saturated heterocycles. The fourth-order valence-electron chi connectivity index (χ4n) is 3.29. The molecule has 1 aliphatic rings. The van der Waals surface area contributed by atoms with E-state index in [0.29, 0.717) is 18.1 Å². The van der Waals surface area contributed by atoms with Gasteiger partial charge in [0.15, 0.2) is 0 Å². The third kappa shape index (κ3) is 5.72. The molecule has 6 nitrogen and oxygen atoms in total. The van der Waals surface area contributed by atoms with Crippen LogP contribution in [0, 0.1) is 0 Å². The predicted octanol–water partition coefficient (Wildman–Crippen LogP) is 3.38. The molecule has 0 saturated carbocycles. The topological polar surface area (TPSA) is 69.7 Å². The molecule has 156 valence electrons. The first-order valence-corrected chi connectivity index (χ1v) is 11.5. The van der Waals surface area contributed by atoms with Gasteiger partial charge in [-0.25, -0.2) is 13.2 Å². The molecule has 0 aromatic heterocycles. The van der Waals surface area contributed by atoms with Gasteiger partial charge in [0.1, 0.15) is 0 Å². The molecule has 0 spiro atoms. The van der Waals surface area contributed by atoms with Crippen LogP contribution in [0.4, 0.5) is 4.79 Å². The smallest absolute Gasteiger partial charge is 0.317 e. The highest BCUT2D eigenvalue weighted by Crippen LogP contribution is 2.20. The summed E-state index contributed by atoms with van der Waals surface area (Å²) in [4.78, 5) is 14.4. The number of benzene rings is 2. The normalized spacial score (nSPS) is 16.4. The number of hydrogen-bond donors (Lipinski definition) is 1. The lowest BCUT2D eigenvalue weighted by atomic mass is 10.1. The molecular weight excluding hydrogens is 410 g/mol. The summed E-state index contributed by atoms with van der Waals surface area (Å²) >= 11 is 5.84. The second-order valence-electron chi connectivity index (χ2n) is 7.22. The molecule has 1 fully saturated rings. The summed E-state index contributed by atoms with van der Waals surface area (Å²) in [7, 11) is -3.57. The third-order valence-electron chi connectivity index (χ3n) is 5.06. The Balaban J connectivity index is 1.48. The van der Waals surface area contributed by atoms with E-state index in [0.717, 1.165) is 12.8 Å². The van der Waals surface area contributed by atoms with Crippen molar-refractivity contribution in [1.29, 1.82) is 0 Å². The number of hydrogen-bond acceptors (Lipinski definition) is 3. The van der Waals surface area contributed by atoms with E-state index in [4.69, 9.17) is 11.6 Å². The lowest BCUT2D eigenvalue weighted by Gasteiger charge is -2.34. The molecule has 1 N–H and O–H groups in total. The van der Waals surface area contributed by atoms with Gasteiger partial charge in [-0.05, 0) is 49.6 Å². The van der Waals surface area contributed by atoms with E-state index in [9.17, 15) is 13.2 Å². The summed E-state index contributed by atoms with van der Waals surface area (Å²) in [5.41, 5.74) is 1.25. The van der Waals surface area contributed by atoms with Crippen LogP contribution in [0.1, 0.15) is 18.9 Å². The third-order valence-corrected chi connectivity index (χ3v) is 7.22. The summed E-state index contributed by atoms with van der Waals surface area (Å²) in [6.07, 6.45) is 1.75. The van der Waals surface area contributed by atoms with Crippen molar-refractivity contribution in [1.82, 2.24) is 14.5 Å². The van der Waals surface area contributed by atoms with Crippen LogP contribution in [-0.4, -0.2) is 55.9 Å². The Hall–Kier alpha value is -2.09. The van der Waals surface area contributed by atoms with E-state index in [1.807, 2.05) is 25.1 Å². The van der Waals surface area contributed by atoms with E-state index in [-0.39, 0.29) is 30.1 Å². The Bertz CT molecular complexity index is 912. The van der Waals surface area contributed by atoms with Crippen molar-refractivity contribution >= 4 is 27.7 Å². The van der Waals surface area contributed by atoms with Gasteiger partial charge in [-0.1, -0.05) is 41.9 Å². The maximum Gasteiger partial charge on any atom is 0.317 e. The molecule has 1 atom stereocenters. The van der Waals surface area contributed by atoms with Crippen molar-refractivity contribution in [2.24, 2.45) is 0 Å². The first-order chi connectivity index (χ1) is 13.9. The van der Waals surface area contributed by atoms with Gasteiger partial charge in [0.25, 0.3) is 0 Å². The number of halogens is 1. The largest absolute Gasteiger partial charge is 0.336 e. The van der Waals surface area contributed by atoms with Crippen LogP contribution in [0.25, 0.3) is 0 Å². The van der Waals surface area contributed by atoms with Gasteiger partial charge in [0, 0.05) is 37.2 Å². The molecule has 1 aliphatic heterocycles. The van der Waals surface area contributed by atoms with Gasteiger partial charge in [-0.2, -0.15) is 4.31 Å².